The number of benzene rings is 3. The van der Waals surface area contributed by atoms with Gasteiger partial charge in [0.25, 0.3) is 11.8 Å². The van der Waals surface area contributed by atoms with Crippen molar-refractivity contribution < 1.29 is 9.59 Å². The van der Waals surface area contributed by atoms with Crippen molar-refractivity contribution in [3.05, 3.63) is 82.4 Å². The van der Waals surface area contributed by atoms with Crippen molar-refractivity contribution in [3.8, 4) is 0 Å². The van der Waals surface area contributed by atoms with Crippen molar-refractivity contribution in [3.63, 3.8) is 0 Å². The van der Waals surface area contributed by atoms with Gasteiger partial charge >= 0.3 is 0 Å². The van der Waals surface area contributed by atoms with E-state index in [0.717, 1.165) is 10.4 Å². The summed E-state index contributed by atoms with van der Waals surface area (Å²) in [5.41, 5.74) is 1.66. The van der Waals surface area contributed by atoms with Crippen LogP contribution in [0.1, 0.15) is 26.3 Å². The van der Waals surface area contributed by atoms with Gasteiger partial charge in [-0.05, 0) is 35.2 Å². The Bertz CT molecular complexity index is 976. The topological polar surface area (TPSA) is 49.7 Å². The molecule has 0 fully saturated rings. The molecular weight excluding hydrogens is 324 g/mol. The Balaban J connectivity index is 1.79. The average Bonchev–Trinajstić information content (AvgIpc) is 2.59. The van der Waals surface area contributed by atoms with Gasteiger partial charge in [-0.2, -0.15) is 10.1 Å². The Labute approximate surface area is 143 Å². The molecule has 0 saturated carbocycles. The largest absolute Gasteiger partial charge is 0.282 e. The van der Waals surface area contributed by atoms with Gasteiger partial charge in [-0.3, -0.25) is 9.59 Å². The van der Waals surface area contributed by atoms with Crippen molar-refractivity contribution in [2.24, 2.45) is 5.10 Å². The summed E-state index contributed by atoms with van der Waals surface area (Å²) in [5, 5.41) is 7.10. The van der Waals surface area contributed by atoms with Crippen molar-refractivity contribution in [1.29, 1.82) is 0 Å². The van der Waals surface area contributed by atoms with Crippen LogP contribution < -0.4 is 0 Å². The molecule has 0 unspecified atom stereocenters. The molecule has 1 heterocycles. The van der Waals surface area contributed by atoms with Gasteiger partial charge < -0.3 is 0 Å². The number of imide groups is 1. The fourth-order valence-electron chi connectivity index (χ4n) is 2.83. The van der Waals surface area contributed by atoms with Crippen LogP contribution in [0.25, 0.3) is 10.8 Å². The maximum Gasteiger partial charge on any atom is 0.282 e. The van der Waals surface area contributed by atoms with Crippen LogP contribution in [-0.4, -0.2) is 23.0 Å². The maximum absolute atomic E-state index is 12.7. The second-order valence-corrected chi connectivity index (χ2v) is 5.87. The summed E-state index contributed by atoms with van der Waals surface area (Å²) in [7, 11) is 0. The maximum atomic E-state index is 12.7. The van der Waals surface area contributed by atoms with Crippen molar-refractivity contribution in [2.45, 2.75) is 0 Å². The van der Waals surface area contributed by atoms with E-state index in [1.807, 2.05) is 12.1 Å². The molecule has 0 radical (unpaired) electrons. The molecule has 116 valence electrons. The number of carbonyl (C=O) groups excluding carboxylic acids is 2. The zero-order valence-corrected chi connectivity index (χ0v) is 13.2. The highest BCUT2D eigenvalue weighted by atomic mass is 35.5. The van der Waals surface area contributed by atoms with Crippen LogP contribution in [-0.2, 0) is 0 Å². The van der Waals surface area contributed by atoms with E-state index in [1.165, 1.54) is 6.21 Å². The minimum Gasteiger partial charge on any atom is -0.267 e. The zero-order valence-electron chi connectivity index (χ0n) is 12.4. The summed E-state index contributed by atoms with van der Waals surface area (Å²) in [6, 6.07) is 17.8. The summed E-state index contributed by atoms with van der Waals surface area (Å²) in [5.74, 6) is -0.856. The minimum atomic E-state index is -0.428. The van der Waals surface area contributed by atoms with Gasteiger partial charge in [0.1, 0.15) is 0 Å². The number of hydrogen-bond donors (Lipinski definition) is 0. The second kappa shape index (κ2) is 5.58. The molecule has 1 aliphatic heterocycles. The molecule has 2 amide bonds. The predicted octanol–water partition coefficient (Wildman–Crippen LogP) is 4.12. The quantitative estimate of drug-likeness (QED) is 0.523. The third-order valence-electron chi connectivity index (χ3n) is 3.92. The number of hydrazone groups is 1. The third-order valence-corrected chi connectivity index (χ3v) is 4.16. The number of carbonyl (C=O) groups is 2. The molecule has 0 aliphatic carbocycles. The van der Waals surface area contributed by atoms with Crippen LogP contribution >= 0.6 is 11.6 Å². The highest BCUT2D eigenvalue weighted by molar-refractivity contribution is 6.30. The summed E-state index contributed by atoms with van der Waals surface area (Å²) in [6.45, 7) is 0. The summed E-state index contributed by atoms with van der Waals surface area (Å²) in [4.78, 5) is 25.3. The summed E-state index contributed by atoms with van der Waals surface area (Å²) in [6.07, 6.45) is 1.45. The Morgan fingerprint density at radius 1 is 0.875 bits per heavy atom. The third kappa shape index (κ3) is 2.28. The molecule has 0 N–H and O–H groups in total. The number of amides is 2. The van der Waals surface area contributed by atoms with Crippen LogP contribution in [0.3, 0.4) is 0 Å². The molecule has 0 spiro atoms. The first-order valence-corrected chi connectivity index (χ1v) is 7.73. The van der Waals surface area contributed by atoms with Gasteiger partial charge in [0, 0.05) is 10.4 Å². The van der Waals surface area contributed by atoms with Gasteiger partial charge in [-0.15, -0.1) is 0 Å². The molecule has 1 aliphatic rings. The molecular formula is C19H11ClN2O2. The highest BCUT2D eigenvalue weighted by Gasteiger charge is 2.32. The van der Waals surface area contributed by atoms with Gasteiger partial charge in [-0.25, -0.2) is 0 Å². The Hall–Kier alpha value is -2.98. The molecule has 0 bridgehead atoms. The van der Waals surface area contributed by atoms with E-state index in [1.54, 1.807) is 48.5 Å². The first kappa shape index (κ1) is 14.6. The zero-order chi connectivity index (χ0) is 16.7. The first-order valence-electron chi connectivity index (χ1n) is 7.35. The predicted molar refractivity (Wildman–Crippen MR) is 93.5 cm³/mol. The minimum absolute atomic E-state index is 0.428. The van der Waals surface area contributed by atoms with Gasteiger partial charge in [0.15, 0.2) is 0 Å². The molecule has 3 aromatic carbocycles. The summed E-state index contributed by atoms with van der Waals surface area (Å²) >= 11 is 5.94. The van der Waals surface area contributed by atoms with Crippen LogP contribution in [0.2, 0.25) is 5.02 Å². The molecule has 4 nitrogen and oxygen atoms in total. The van der Waals surface area contributed by atoms with E-state index in [4.69, 9.17) is 11.6 Å². The fraction of sp³-hybridized carbons (Fsp3) is 0. The average molecular weight is 335 g/mol. The first-order chi connectivity index (χ1) is 11.6. The Kier molecular flexibility index (Phi) is 3.40. The normalized spacial score (nSPS) is 14.0. The lowest BCUT2D eigenvalue weighted by Gasteiger charge is -2.22. The van der Waals surface area contributed by atoms with Gasteiger partial charge in [0.05, 0.1) is 17.3 Å². The second-order valence-electron chi connectivity index (χ2n) is 5.43. The number of rotatable bonds is 2. The summed E-state index contributed by atoms with van der Waals surface area (Å²) < 4.78 is 0. The van der Waals surface area contributed by atoms with E-state index in [0.29, 0.717) is 27.1 Å². The molecule has 3 aromatic rings. The highest BCUT2D eigenvalue weighted by Crippen LogP contribution is 2.30. The smallest absolute Gasteiger partial charge is 0.267 e. The fourth-order valence-corrected chi connectivity index (χ4v) is 3.03. The van der Waals surface area contributed by atoms with Crippen molar-refractivity contribution in [2.75, 3.05) is 0 Å². The molecule has 5 heteroatoms. The van der Waals surface area contributed by atoms with Crippen LogP contribution in [0.4, 0.5) is 0 Å². The number of nitrogens with zero attached hydrogens (tertiary/aromatic N) is 2. The molecule has 0 aromatic heterocycles. The lowest BCUT2D eigenvalue weighted by atomic mass is 9.95. The van der Waals surface area contributed by atoms with Gasteiger partial charge in [-0.1, -0.05) is 48.0 Å². The van der Waals surface area contributed by atoms with Crippen LogP contribution in [0, 0.1) is 0 Å². The van der Waals surface area contributed by atoms with Crippen LogP contribution in [0.15, 0.2) is 65.8 Å². The lowest BCUT2D eigenvalue weighted by Crippen LogP contribution is -2.36. The van der Waals surface area contributed by atoms with Gasteiger partial charge in [0.2, 0.25) is 0 Å². The number of hydrogen-bond acceptors (Lipinski definition) is 3. The van der Waals surface area contributed by atoms with Crippen molar-refractivity contribution >= 4 is 40.4 Å². The van der Waals surface area contributed by atoms with Crippen molar-refractivity contribution in [1.82, 2.24) is 5.01 Å². The number of halogens is 1. The van der Waals surface area contributed by atoms with E-state index >= 15 is 0 Å². The Morgan fingerprint density at radius 3 is 2.12 bits per heavy atom. The van der Waals surface area contributed by atoms with E-state index in [9.17, 15) is 9.59 Å². The van der Waals surface area contributed by atoms with E-state index in [-0.39, 0.29) is 0 Å². The van der Waals surface area contributed by atoms with E-state index < -0.39 is 11.8 Å². The SMILES string of the molecule is O=C1c2cccc3cccc(c23)C(=O)N1/N=C\c1cccc(Cl)c1. The monoisotopic (exact) mass is 334 g/mol. The standard InChI is InChI=1S/C19H11ClN2O2/c20-14-7-1-4-12(10-14)11-21-22-18(23)15-8-2-5-13-6-3-9-16(17(13)15)19(22)24/h1-11H/b21-11-. The molecule has 0 saturated heterocycles. The molecule has 24 heavy (non-hydrogen) atoms. The molecule has 0 atom stereocenters. The molecule has 4 rings (SSSR count). The lowest BCUT2D eigenvalue weighted by molar-refractivity contribution is 0.0616. The van der Waals surface area contributed by atoms with E-state index in [2.05, 4.69) is 5.10 Å². The van der Waals surface area contributed by atoms with Crippen LogP contribution in [0.5, 0.6) is 0 Å². The Morgan fingerprint density at radius 2 is 1.50 bits per heavy atom.